The van der Waals surface area contributed by atoms with Gasteiger partial charge in [0.25, 0.3) is 0 Å². The molecule has 0 bridgehead atoms. The van der Waals surface area contributed by atoms with E-state index in [1.807, 2.05) is 51.1 Å². The molecular weight excluding hydrogens is 436 g/mol. The van der Waals surface area contributed by atoms with Crippen molar-refractivity contribution in [1.82, 2.24) is 0 Å². The van der Waals surface area contributed by atoms with E-state index < -0.39 is 6.10 Å². The summed E-state index contributed by atoms with van der Waals surface area (Å²) in [5.41, 5.74) is 5.53. The summed E-state index contributed by atoms with van der Waals surface area (Å²) in [4.78, 5) is 12.3. The number of hydrogen-bond donors (Lipinski definition) is 0. The fourth-order valence-corrected chi connectivity index (χ4v) is 3.71. The zero-order chi connectivity index (χ0) is 24.9. The zero-order valence-electron chi connectivity index (χ0n) is 20.9. The average Bonchev–Trinajstić information content (AvgIpc) is 3.13. The van der Waals surface area contributed by atoms with E-state index in [2.05, 4.69) is 54.3 Å². The Morgan fingerprint density at radius 1 is 1.09 bits per heavy atom. The fourth-order valence-electron chi connectivity index (χ4n) is 3.71. The predicted octanol–water partition coefficient (Wildman–Crippen LogP) is 5.74. The Morgan fingerprint density at radius 2 is 1.91 bits per heavy atom. The number of ether oxygens (including phenoxy) is 3. The third-order valence-corrected chi connectivity index (χ3v) is 5.61. The lowest BCUT2D eigenvalue weighted by atomic mass is 9.99. The Labute approximate surface area is 209 Å². The van der Waals surface area contributed by atoms with Crippen molar-refractivity contribution in [3.05, 3.63) is 94.6 Å². The van der Waals surface area contributed by atoms with Crippen molar-refractivity contribution in [3.63, 3.8) is 0 Å². The minimum Gasteiger partial charge on any atom is -0.490 e. The minimum atomic E-state index is -0.492. The maximum atomic E-state index is 12.3. The van der Waals surface area contributed by atoms with Gasteiger partial charge in [0, 0.05) is 25.2 Å². The molecule has 0 N–H and O–H groups in total. The van der Waals surface area contributed by atoms with Gasteiger partial charge in [-0.25, -0.2) is 0 Å². The summed E-state index contributed by atoms with van der Waals surface area (Å²) < 4.78 is 16.7. The number of hydrogen-bond acceptors (Lipinski definition) is 4. The normalized spacial score (nSPS) is 13.4. The van der Waals surface area contributed by atoms with Crippen molar-refractivity contribution in [2.75, 3.05) is 26.4 Å². The second-order valence-corrected chi connectivity index (χ2v) is 8.21. The summed E-state index contributed by atoms with van der Waals surface area (Å²) >= 11 is 0. The molecule has 1 atom stereocenters. The predicted molar refractivity (Wildman–Crippen MR) is 142 cm³/mol. The molecule has 0 saturated heterocycles. The van der Waals surface area contributed by atoms with Crippen molar-refractivity contribution >= 4 is 11.9 Å². The fraction of sp³-hybridized carbons (Fsp3) is 0.323. The van der Waals surface area contributed by atoms with Gasteiger partial charge in [0.15, 0.2) is 5.78 Å². The highest BCUT2D eigenvalue weighted by atomic mass is 16.5. The standard InChI is InChI=1S/C31H34O4/c1-4-33-23-30(32)31(34-5-2)22-25-15-18-28(19-16-25)35-21-20-24(3)14-17-27-12-9-11-26-10-7-6-8-13-29(26)27/h6-12,15-16,18-20,31H,4-5,13,21-23H2,1-3H3/b24-20-. The summed E-state index contributed by atoms with van der Waals surface area (Å²) in [5.74, 6) is 7.30. The number of allylic oxidation sites excluding steroid dienone is 4. The van der Waals surface area contributed by atoms with E-state index in [1.54, 1.807) is 0 Å². The summed E-state index contributed by atoms with van der Waals surface area (Å²) in [6, 6.07) is 14.0. The minimum absolute atomic E-state index is 0.0322. The second-order valence-electron chi connectivity index (χ2n) is 8.21. The van der Waals surface area contributed by atoms with Gasteiger partial charge in [0.05, 0.1) is 0 Å². The summed E-state index contributed by atoms with van der Waals surface area (Å²) in [6.45, 7) is 7.27. The Hall–Kier alpha value is -3.39. The molecule has 0 spiro atoms. The molecule has 4 heteroatoms. The lowest BCUT2D eigenvalue weighted by Gasteiger charge is -2.16. The lowest BCUT2D eigenvalue weighted by Crippen LogP contribution is -2.30. The highest BCUT2D eigenvalue weighted by Crippen LogP contribution is 2.19. The quantitative estimate of drug-likeness (QED) is 0.393. The van der Waals surface area contributed by atoms with Gasteiger partial charge in [-0.15, -0.1) is 0 Å². The van der Waals surface area contributed by atoms with E-state index >= 15 is 0 Å². The van der Waals surface area contributed by atoms with Crippen LogP contribution < -0.4 is 4.74 Å². The first-order valence-electron chi connectivity index (χ1n) is 12.2. The third-order valence-electron chi connectivity index (χ3n) is 5.61. The molecule has 1 aliphatic rings. The smallest absolute Gasteiger partial charge is 0.187 e. The molecule has 0 amide bonds. The summed E-state index contributed by atoms with van der Waals surface area (Å²) in [7, 11) is 0. The van der Waals surface area contributed by atoms with E-state index in [0.29, 0.717) is 26.2 Å². The SMILES string of the molecule is CCOCC(=O)C(Cc1ccc(OC/C=C(/C)C#Cc2cccc3c2CC=CC=C3)cc1)OCC. The second kappa shape index (κ2) is 14.1. The Kier molecular flexibility index (Phi) is 10.6. The number of ketones is 1. The number of carbonyl (C=O) groups excluding carboxylic acids is 1. The Bertz CT molecular complexity index is 1130. The van der Waals surface area contributed by atoms with Crippen LogP contribution in [0.2, 0.25) is 0 Å². The molecule has 0 heterocycles. The van der Waals surface area contributed by atoms with Crippen LogP contribution in [0.3, 0.4) is 0 Å². The number of benzene rings is 2. The largest absolute Gasteiger partial charge is 0.490 e. The highest BCUT2D eigenvalue weighted by molar-refractivity contribution is 5.84. The van der Waals surface area contributed by atoms with Gasteiger partial charge in [0.2, 0.25) is 0 Å². The highest BCUT2D eigenvalue weighted by Gasteiger charge is 2.19. The molecule has 4 nitrogen and oxygen atoms in total. The number of rotatable bonds is 11. The van der Waals surface area contributed by atoms with Crippen LogP contribution in [0.4, 0.5) is 0 Å². The molecule has 0 fully saturated rings. The number of Topliss-reactive ketones (excluding diaryl/α,β-unsaturated/α-hetero) is 1. The van der Waals surface area contributed by atoms with Gasteiger partial charge < -0.3 is 14.2 Å². The summed E-state index contributed by atoms with van der Waals surface area (Å²) in [5, 5.41) is 0. The van der Waals surface area contributed by atoms with Crippen LogP contribution in [-0.2, 0) is 27.1 Å². The first-order valence-corrected chi connectivity index (χ1v) is 12.2. The van der Waals surface area contributed by atoms with Gasteiger partial charge in [-0.3, -0.25) is 4.79 Å². The molecule has 3 rings (SSSR count). The molecule has 0 aromatic heterocycles. The summed E-state index contributed by atoms with van der Waals surface area (Å²) in [6.07, 6.45) is 11.3. The van der Waals surface area contributed by atoms with Crippen molar-refractivity contribution < 1.29 is 19.0 Å². The van der Waals surface area contributed by atoms with Gasteiger partial charge in [-0.05, 0) is 73.7 Å². The Balaban J connectivity index is 1.54. The van der Waals surface area contributed by atoms with Crippen LogP contribution in [0.5, 0.6) is 5.75 Å². The van der Waals surface area contributed by atoms with Crippen LogP contribution in [0.1, 0.15) is 43.0 Å². The number of fused-ring (bicyclic) bond motifs is 1. The van der Waals surface area contributed by atoms with Gasteiger partial charge in [-0.2, -0.15) is 0 Å². The van der Waals surface area contributed by atoms with Crippen LogP contribution in [0.25, 0.3) is 6.08 Å². The molecular formula is C31H34O4. The maximum Gasteiger partial charge on any atom is 0.187 e. The van der Waals surface area contributed by atoms with Crippen LogP contribution in [0, 0.1) is 11.8 Å². The van der Waals surface area contributed by atoms with Crippen LogP contribution in [0.15, 0.2) is 72.3 Å². The number of carbonyl (C=O) groups is 1. The first-order chi connectivity index (χ1) is 17.1. The monoisotopic (exact) mass is 470 g/mol. The topological polar surface area (TPSA) is 44.8 Å². The molecule has 0 aliphatic heterocycles. The van der Waals surface area contributed by atoms with E-state index in [9.17, 15) is 4.79 Å². The first kappa shape index (κ1) is 26.2. The molecule has 2 aromatic rings. The van der Waals surface area contributed by atoms with E-state index in [4.69, 9.17) is 14.2 Å². The molecule has 182 valence electrons. The van der Waals surface area contributed by atoms with Crippen LogP contribution in [-0.4, -0.2) is 38.3 Å². The van der Waals surface area contributed by atoms with Crippen molar-refractivity contribution in [2.45, 2.75) is 39.7 Å². The van der Waals surface area contributed by atoms with Crippen molar-refractivity contribution in [2.24, 2.45) is 0 Å². The van der Waals surface area contributed by atoms with Crippen molar-refractivity contribution in [1.29, 1.82) is 0 Å². The third kappa shape index (κ3) is 8.40. The molecule has 0 radical (unpaired) electrons. The van der Waals surface area contributed by atoms with Gasteiger partial charge in [0.1, 0.15) is 25.1 Å². The lowest BCUT2D eigenvalue weighted by molar-refractivity contribution is -0.134. The van der Waals surface area contributed by atoms with E-state index in [0.717, 1.165) is 28.9 Å². The molecule has 1 unspecified atom stereocenters. The van der Waals surface area contributed by atoms with E-state index in [1.165, 1.54) is 11.1 Å². The van der Waals surface area contributed by atoms with Gasteiger partial charge in [-0.1, -0.05) is 60.4 Å². The molecule has 1 aliphatic carbocycles. The Morgan fingerprint density at radius 3 is 2.69 bits per heavy atom. The maximum absolute atomic E-state index is 12.3. The molecule has 35 heavy (non-hydrogen) atoms. The van der Waals surface area contributed by atoms with Crippen LogP contribution >= 0.6 is 0 Å². The molecule has 0 saturated carbocycles. The van der Waals surface area contributed by atoms with Crippen molar-refractivity contribution in [3.8, 4) is 17.6 Å². The van der Waals surface area contributed by atoms with E-state index in [-0.39, 0.29) is 12.4 Å². The average molecular weight is 471 g/mol. The molecule has 2 aromatic carbocycles. The van der Waals surface area contributed by atoms with Gasteiger partial charge >= 0.3 is 0 Å². The zero-order valence-corrected chi connectivity index (χ0v) is 20.9.